The Morgan fingerprint density at radius 1 is 1.67 bits per heavy atom. The summed E-state index contributed by atoms with van der Waals surface area (Å²) in [6, 6.07) is 3.33. The van der Waals surface area contributed by atoms with E-state index in [-0.39, 0.29) is 5.91 Å². The molecule has 1 amide bonds. The van der Waals surface area contributed by atoms with E-state index >= 15 is 0 Å². The van der Waals surface area contributed by atoms with E-state index < -0.39 is 0 Å². The van der Waals surface area contributed by atoms with Gasteiger partial charge in [-0.05, 0) is 18.6 Å². The van der Waals surface area contributed by atoms with Gasteiger partial charge in [0, 0.05) is 12.7 Å². The van der Waals surface area contributed by atoms with Crippen LogP contribution >= 0.6 is 0 Å². The van der Waals surface area contributed by atoms with E-state index in [1.807, 2.05) is 6.92 Å². The summed E-state index contributed by atoms with van der Waals surface area (Å²) in [6.45, 7) is 2.67. The normalized spacial score (nSPS) is 9.42. The molecular formula is C8H11N3O. The molecule has 0 unspecified atom stereocenters. The molecule has 0 saturated heterocycles. The summed E-state index contributed by atoms with van der Waals surface area (Å²) in [5.41, 5.74) is 0.367. The van der Waals surface area contributed by atoms with Gasteiger partial charge in [0.05, 0.1) is 0 Å². The number of hydrogen-bond acceptors (Lipinski definition) is 3. The molecule has 0 aliphatic rings. The Morgan fingerprint density at radius 2 is 2.50 bits per heavy atom. The second kappa shape index (κ2) is 4.43. The number of nitrogens with one attached hydrogen (secondary N) is 1. The van der Waals surface area contributed by atoms with Crippen LogP contribution in [0.15, 0.2) is 18.3 Å². The topological polar surface area (TPSA) is 54.9 Å². The molecule has 12 heavy (non-hydrogen) atoms. The lowest BCUT2D eigenvalue weighted by atomic mass is 10.3. The zero-order chi connectivity index (χ0) is 8.81. The minimum Gasteiger partial charge on any atom is -0.351 e. The van der Waals surface area contributed by atoms with Crippen molar-refractivity contribution in [2.24, 2.45) is 0 Å². The molecule has 0 spiro atoms. The Hall–Kier alpha value is -1.45. The molecule has 4 nitrogen and oxygen atoms in total. The highest BCUT2D eigenvalue weighted by Crippen LogP contribution is 1.89. The molecule has 0 aromatic carbocycles. The van der Waals surface area contributed by atoms with Gasteiger partial charge in [-0.15, -0.1) is 5.10 Å². The fourth-order valence-electron chi connectivity index (χ4n) is 0.752. The average molecular weight is 165 g/mol. The van der Waals surface area contributed by atoms with Crippen molar-refractivity contribution in [3.63, 3.8) is 0 Å². The summed E-state index contributed by atoms with van der Waals surface area (Å²) in [5.74, 6) is -0.162. The van der Waals surface area contributed by atoms with Crippen molar-refractivity contribution in [1.82, 2.24) is 15.5 Å². The molecule has 4 heteroatoms. The van der Waals surface area contributed by atoms with E-state index in [9.17, 15) is 4.79 Å². The van der Waals surface area contributed by atoms with E-state index in [4.69, 9.17) is 0 Å². The van der Waals surface area contributed by atoms with E-state index in [0.29, 0.717) is 12.2 Å². The van der Waals surface area contributed by atoms with Gasteiger partial charge in [-0.1, -0.05) is 6.92 Å². The number of carbonyl (C=O) groups excluding carboxylic acids is 1. The third-order valence-corrected chi connectivity index (χ3v) is 1.34. The lowest BCUT2D eigenvalue weighted by Gasteiger charge is -2.00. The summed E-state index contributed by atoms with van der Waals surface area (Å²) < 4.78 is 0. The van der Waals surface area contributed by atoms with Gasteiger partial charge < -0.3 is 5.32 Å². The van der Waals surface area contributed by atoms with Crippen LogP contribution in [-0.4, -0.2) is 22.6 Å². The number of aromatic nitrogens is 2. The third kappa shape index (κ3) is 2.30. The second-order valence-electron chi connectivity index (χ2n) is 2.36. The van der Waals surface area contributed by atoms with Gasteiger partial charge in [-0.3, -0.25) is 4.79 Å². The summed E-state index contributed by atoms with van der Waals surface area (Å²) in [4.78, 5) is 11.2. The highest BCUT2D eigenvalue weighted by Gasteiger charge is 2.03. The van der Waals surface area contributed by atoms with E-state index in [2.05, 4.69) is 15.5 Å². The predicted molar refractivity (Wildman–Crippen MR) is 44.7 cm³/mol. The molecule has 0 atom stereocenters. The van der Waals surface area contributed by atoms with Crippen LogP contribution in [0.2, 0.25) is 0 Å². The number of carbonyl (C=O) groups is 1. The Labute approximate surface area is 71.0 Å². The summed E-state index contributed by atoms with van der Waals surface area (Å²) in [7, 11) is 0. The monoisotopic (exact) mass is 165 g/mol. The number of rotatable bonds is 3. The maximum Gasteiger partial charge on any atom is 0.271 e. The van der Waals surface area contributed by atoms with Crippen molar-refractivity contribution in [2.75, 3.05) is 6.54 Å². The minimum absolute atomic E-state index is 0.162. The molecule has 1 N–H and O–H groups in total. The Bertz CT molecular complexity index is 248. The first-order valence-corrected chi connectivity index (χ1v) is 3.90. The molecule has 64 valence electrons. The van der Waals surface area contributed by atoms with Crippen molar-refractivity contribution in [3.05, 3.63) is 24.0 Å². The first kappa shape index (κ1) is 8.64. The minimum atomic E-state index is -0.162. The second-order valence-corrected chi connectivity index (χ2v) is 2.36. The maximum absolute atomic E-state index is 11.2. The van der Waals surface area contributed by atoms with Crippen LogP contribution < -0.4 is 5.32 Å². The fourth-order valence-corrected chi connectivity index (χ4v) is 0.752. The largest absolute Gasteiger partial charge is 0.351 e. The molecule has 1 rings (SSSR count). The third-order valence-electron chi connectivity index (χ3n) is 1.34. The van der Waals surface area contributed by atoms with Crippen molar-refractivity contribution < 1.29 is 4.79 Å². The molecule has 1 heterocycles. The number of nitrogens with zero attached hydrogens (tertiary/aromatic N) is 2. The molecular weight excluding hydrogens is 154 g/mol. The first-order valence-electron chi connectivity index (χ1n) is 3.90. The first-order chi connectivity index (χ1) is 5.84. The van der Waals surface area contributed by atoms with Crippen molar-refractivity contribution in [3.8, 4) is 0 Å². The average Bonchev–Trinajstić information content (AvgIpc) is 2.15. The van der Waals surface area contributed by atoms with Gasteiger partial charge in [0.15, 0.2) is 5.69 Å². The van der Waals surface area contributed by atoms with Crippen LogP contribution in [0, 0.1) is 0 Å². The molecule has 0 radical (unpaired) electrons. The molecule has 0 fully saturated rings. The van der Waals surface area contributed by atoms with Crippen LogP contribution in [0.1, 0.15) is 23.8 Å². The smallest absolute Gasteiger partial charge is 0.271 e. The van der Waals surface area contributed by atoms with E-state index in [1.54, 1.807) is 12.1 Å². The summed E-state index contributed by atoms with van der Waals surface area (Å²) in [5, 5.41) is 9.98. The van der Waals surface area contributed by atoms with Gasteiger partial charge >= 0.3 is 0 Å². The molecule has 0 bridgehead atoms. The van der Waals surface area contributed by atoms with Crippen LogP contribution in [0.3, 0.4) is 0 Å². The van der Waals surface area contributed by atoms with Crippen LogP contribution in [0.25, 0.3) is 0 Å². The molecule has 1 aromatic heterocycles. The standard InChI is InChI=1S/C8H11N3O/c1-2-5-9-8(12)7-4-3-6-10-11-7/h3-4,6H,2,5H2,1H3,(H,9,12). The zero-order valence-corrected chi connectivity index (χ0v) is 6.95. The quantitative estimate of drug-likeness (QED) is 0.714. The lowest BCUT2D eigenvalue weighted by Crippen LogP contribution is -2.25. The maximum atomic E-state index is 11.2. The van der Waals surface area contributed by atoms with Crippen molar-refractivity contribution in [1.29, 1.82) is 0 Å². The molecule has 0 aliphatic heterocycles. The summed E-state index contributed by atoms with van der Waals surface area (Å²) in [6.07, 6.45) is 2.46. The Kier molecular flexibility index (Phi) is 3.19. The highest BCUT2D eigenvalue weighted by molar-refractivity contribution is 5.91. The van der Waals surface area contributed by atoms with Crippen LogP contribution in [-0.2, 0) is 0 Å². The van der Waals surface area contributed by atoms with E-state index in [1.165, 1.54) is 6.20 Å². The Balaban J connectivity index is 2.54. The Morgan fingerprint density at radius 3 is 3.08 bits per heavy atom. The van der Waals surface area contributed by atoms with Crippen LogP contribution in [0.5, 0.6) is 0 Å². The van der Waals surface area contributed by atoms with Gasteiger partial charge in [0.1, 0.15) is 0 Å². The zero-order valence-electron chi connectivity index (χ0n) is 6.95. The molecule has 0 aliphatic carbocycles. The van der Waals surface area contributed by atoms with Gasteiger partial charge in [-0.2, -0.15) is 5.10 Å². The SMILES string of the molecule is CCCNC(=O)c1cccnn1. The number of amides is 1. The number of hydrogen-bond donors (Lipinski definition) is 1. The molecule has 1 aromatic rings. The lowest BCUT2D eigenvalue weighted by molar-refractivity contribution is 0.0947. The van der Waals surface area contributed by atoms with Gasteiger partial charge in [0.25, 0.3) is 5.91 Å². The van der Waals surface area contributed by atoms with Crippen LogP contribution in [0.4, 0.5) is 0 Å². The highest BCUT2D eigenvalue weighted by atomic mass is 16.1. The van der Waals surface area contributed by atoms with Crippen molar-refractivity contribution in [2.45, 2.75) is 13.3 Å². The summed E-state index contributed by atoms with van der Waals surface area (Å²) >= 11 is 0. The predicted octanol–water partition coefficient (Wildman–Crippen LogP) is 0.616. The van der Waals surface area contributed by atoms with Gasteiger partial charge in [-0.25, -0.2) is 0 Å². The van der Waals surface area contributed by atoms with Gasteiger partial charge in [0.2, 0.25) is 0 Å². The van der Waals surface area contributed by atoms with E-state index in [0.717, 1.165) is 6.42 Å². The fraction of sp³-hybridized carbons (Fsp3) is 0.375. The van der Waals surface area contributed by atoms with Crippen molar-refractivity contribution >= 4 is 5.91 Å². The molecule has 0 saturated carbocycles.